The number of nitrogens with one attached hydrogen (secondary N) is 1. The first-order valence-corrected chi connectivity index (χ1v) is 7.01. The number of rotatable bonds is 7. The van der Waals surface area contributed by atoms with E-state index >= 15 is 0 Å². The zero-order valence-electron chi connectivity index (χ0n) is 13.0. The summed E-state index contributed by atoms with van der Waals surface area (Å²) in [6.45, 7) is 8.90. The highest BCUT2D eigenvalue weighted by molar-refractivity contribution is 5.42. The lowest BCUT2D eigenvalue weighted by atomic mass is 9.98. The first kappa shape index (κ1) is 15.8. The second kappa shape index (κ2) is 7.39. The minimum atomic E-state index is 0.254. The molecule has 0 aliphatic heterocycles. The van der Waals surface area contributed by atoms with E-state index in [1.165, 1.54) is 12.0 Å². The lowest BCUT2D eigenvalue weighted by Crippen LogP contribution is -2.34. The highest BCUT2D eigenvalue weighted by atomic mass is 16.5. The minimum absolute atomic E-state index is 0.254. The quantitative estimate of drug-likeness (QED) is 0.813. The molecule has 1 aromatic rings. The van der Waals surface area contributed by atoms with Gasteiger partial charge in [-0.05, 0) is 25.8 Å². The van der Waals surface area contributed by atoms with E-state index < -0.39 is 0 Å². The number of ether oxygens (including phenoxy) is 2. The Bertz CT molecular complexity index is 392. The predicted molar refractivity (Wildman–Crippen MR) is 80.0 cm³/mol. The Morgan fingerprint density at radius 3 is 2.32 bits per heavy atom. The maximum atomic E-state index is 5.46. The first-order valence-electron chi connectivity index (χ1n) is 7.01. The smallest absolute Gasteiger partial charge is 0.127 e. The van der Waals surface area contributed by atoms with Crippen molar-refractivity contribution >= 4 is 0 Å². The molecular formula is C16H27NO2. The molecule has 3 nitrogen and oxygen atoms in total. The van der Waals surface area contributed by atoms with Crippen molar-refractivity contribution < 1.29 is 9.47 Å². The normalized spacial score (nSPS) is 15.7. The highest BCUT2D eigenvalue weighted by Crippen LogP contribution is 2.29. The molecule has 0 saturated heterocycles. The lowest BCUT2D eigenvalue weighted by Gasteiger charge is -2.26. The van der Waals surface area contributed by atoms with Gasteiger partial charge < -0.3 is 14.8 Å². The summed E-state index contributed by atoms with van der Waals surface area (Å²) in [4.78, 5) is 0. The van der Waals surface area contributed by atoms with Crippen LogP contribution in [0, 0.1) is 5.92 Å². The zero-order valence-corrected chi connectivity index (χ0v) is 13.0. The van der Waals surface area contributed by atoms with Gasteiger partial charge in [0.1, 0.15) is 11.5 Å². The van der Waals surface area contributed by atoms with Crippen molar-refractivity contribution in [2.45, 2.75) is 46.2 Å². The molecule has 0 heterocycles. The van der Waals surface area contributed by atoms with Gasteiger partial charge in [0.2, 0.25) is 0 Å². The van der Waals surface area contributed by atoms with Crippen LogP contribution in [-0.4, -0.2) is 20.3 Å². The van der Waals surface area contributed by atoms with Crippen LogP contribution in [0.4, 0.5) is 0 Å². The van der Waals surface area contributed by atoms with E-state index in [2.05, 4.69) is 39.1 Å². The summed E-state index contributed by atoms with van der Waals surface area (Å²) in [5, 5.41) is 3.64. The molecule has 0 bridgehead atoms. The Morgan fingerprint density at radius 1 is 1.11 bits per heavy atom. The Hall–Kier alpha value is -1.22. The Morgan fingerprint density at radius 2 is 1.79 bits per heavy atom. The van der Waals surface area contributed by atoms with Gasteiger partial charge in [-0.15, -0.1) is 0 Å². The van der Waals surface area contributed by atoms with Crippen LogP contribution in [0.3, 0.4) is 0 Å². The largest absolute Gasteiger partial charge is 0.497 e. The molecule has 3 heteroatoms. The molecule has 0 spiro atoms. The van der Waals surface area contributed by atoms with Crippen LogP contribution in [-0.2, 0) is 0 Å². The molecule has 1 N–H and O–H groups in total. The molecule has 108 valence electrons. The average molecular weight is 265 g/mol. The van der Waals surface area contributed by atoms with E-state index in [-0.39, 0.29) is 6.04 Å². The molecule has 0 radical (unpaired) electrons. The van der Waals surface area contributed by atoms with Crippen LogP contribution in [0.15, 0.2) is 18.2 Å². The van der Waals surface area contributed by atoms with Gasteiger partial charge in [-0.2, -0.15) is 0 Å². The van der Waals surface area contributed by atoms with Gasteiger partial charge in [0.05, 0.1) is 14.2 Å². The maximum Gasteiger partial charge on any atom is 0.127 e. The van der Waals surface area contributed by atoms with Gasteiger partial charge in [-0.25, -0.2) is 0 Å². The van der Waals surface area contributed by atoms with Crippen molar-refractivity contribution in [1.29, 1.82) is 0 Å². The van der Waals surface area contributed by atoms with Crippen molar-refractivity contribution in [2.24, 2.45) is 5.92 Å². The molecule has 0 aliphatic carbocycles. The third-order valence-electron chi connectivity index (χ3n) is 3.92. The molecule has 0 aromatic heterocycles. The SMILES string of the molecule is CCC(C)C(C)NC(C)c1ccc(OC)cc1OC. The van der Waals surface area contributed by atoms with E-state index in [9.17, 15) is 0 Å². The van der Waals surface area contributed by atoms with Crippen LogP contribution >= 0.6 is 0 Å². The van der Waals surface area contributed by atoms with Crippen molar-refractivity contribution in [3.05, 3.63) is 23.8 Å². The van der Waals surface area contributed by atoms with Crippen molar-refractivity contribution in [3.8, 4) is 11.5 Å². The van der Waals surface area contributed by atoms with Gasteiger partial charge in [0.25, 0.3) is 0 Å². The fourth-order valence-corrected chi connectivity index (χ4v) is 2.18. The fourth-order valence-electron chi connectivity index (χ4n) is 2.18. The number of benzene rings is 1. The molecule has 0 fully saturated rings. The van der Waals surface area contributed by atoms with Crippen molar-refractivity contribution in [2.75, 3.05) is 14.2 Å². The van der Waals surface area contributed by atoms with Crippen LogP contribution < -0.4 is 14.8 Å². The van der Waals surface area contributed by atoms with E-state index in [1.807, 2.05) is 12.1 Å². The van der Waals surface area contributed by atoms with Gasteiger partial charge in [-0.1, -0.05) is 26.3 Å². The lowest BCUT2D eigenvalue weighted by molar-refractivity contribution is 0.348. The number of hydrogen-bond acceptors (Lipinski definition) is 3. The van der Waals surface area contributed by atoms with Crippen molar-refractivity contribution in [3.63, 3.8) is 0 Å². The molecule has 0 amide bonds. The van der Waals surface area contributed by atoms with Gasteiger partial charge in [-0.3, -0.25) is 0 Å². The summed E-state index contributed by atoms with van der Waals surface area (Å²) in [5.41, 5.74) is 1.17. The Kier molecular flexibility index (Phi) is 6.16. The Balaban J connectivity index is 2.84. The minimum Gasteiger partial charge on any atom is -0.497 e. The topological polar surface area (TPSA) is 30.5 Å². The van der Waals surface area contributed by atoms with Crippen LogP contribution in [0.1, 0.15) is 45.7 Å². The molecular weight excluding hydrogens is 238 g/mol. The summed E-state index contributed by atoms with van der Waals surface area (Å²) < 4.78 is 10.7. The van der Waals surface area contributed by atoms with Crippen LogP contribution in [0.25, 0.3) is 0 Å². The molecule has 1 aromatic carbocycles. The standard InChI is InChI=1S/C16H27NO2/c1-7-11(2)12(3)17-13(4)15-9-8-14(18-5)10-16(15)19-6/h8-13,17H,7H2,1-6H3. The second-order valence-corrected chi connectivity index (χ2v) is 5.17. The molecule has 1 rings (SSSR count). The van der Waals surface area contributed by atoms with E-state index in [0.717, 1.165) is 11.5 Å². The number of hydrogen-bond donors (Lipinski definition) is 1. The number of methoxy groups -OCH3 is 2. The summed E-state index contributed by atoms with van der Waals surface area (Å²) in [6, 6.07) is 6.71. The van der Waals surface area contributed by atoms with E-state index in [1.54, 1.807) is 14.2 Å². The molecule has 19 heavy (non-hydrogen) atoms. The average Bonchev–Trinajstić information content (AvgIpc) is 2.45. The highest BCUT2D eigenvalue weighted by Gasteiger charge is 2.17. The maximum absolute atomic E-state index is 5.46. The van der Waals surface area contributed by atoms with E-state index in [4.69, 9.17) is 9.47 Å². The molecule has 3 unspecified atom stereocenters. The Labute approximate surface area is 117 Å². The predicted octanol–water partition coefficient (Wildman–Crippen LogP) is 3.79. The fraction of sp³-hybridized carbons (Fsp3) is 0.625. The third-order valence-corrected chi connectivity index (χ3v) is 3.92. The summed E-state index contributed by atoms with van der Waals surface area (Å²) >= 11 is 0. The third kappa shape index (κ3) is 4.13. The first-order chi connectivity index (χ1) is 9.03. The van der Waals surface area contributed by atoms with Crippen LogP contribution in [0.5, 0.6) is 11.5 Å². The molecule has 3 atom stereocenters. The van der Waals surface area contributed by atoms with Gasteiger partial charge in [0.15, 0.2) is 0 Å². The molecule has 0 aliphatic rings. The van der Waals surface area contributed by atoms with Crippen LogP contribution in [0.2, 0.25) is 0 Å². The van der Waals surface area contributed by atoms with Crippen molar-refractivity contribution in [1.82, 2.24) is 5.32 Å². The molecule has 0 saturated carbocycles. The van der Waals surface area contributed by atoms with Gasteiger partial charge in [0, 0.05) is 23.7 Å². The van der Waals surface area contributed by atoms with Gasteiger partial charge >= 0.3 is 0 Å². The summed E-state index contributed by atoms with van der Waals surface area (Å²) in [7, 11) is 3.37. The monoisotopic (exact) mass is 265 g/mol. The summed E-state index contributed by atoms with van der Waals surface area (Å²) in [5.74, 6) is 2.35. The second-order valence-electron chi connectivity index (χ2n) is 5.17. The zero-order chi connectivity index (χ0) is 14.4. The summed E-state index contributed by atoms with van der Waals surface area (Å²) in [6.07, 6.45) is 1.18. The van der Waals surface area contributed by atoms with E-state index in [0.29, 0.717) is 12.0 Å².